The Morgan fingerprint density at radius 2 is 1.67 bits per heavy atom. The van der Waals surface area contributed by atoms with Crippen molar-refractivity contribution in [1.82, 2.24) is 0 Å². The highest BCUT2D eigenvalue weighted by atomic mass is 19.1. The normalized spacial score (nSPS) is 23.1. The molecule has 1 atom stereocenters. The zero-order chi connectivity index (χ0) is 13.6. The second-order valence-corrected chi connectivity index (χ2v) is 5.87. The summed E-state index contributed by atoms with van der Waals surface area (Å²) in [6.45, 7) is 9.57. The van der Waals surface area contributed by atoms with Crippen molar-refractivity contribution >= 4 is 12.6 Å². The van der Waals surface area contributed by atoms with Crippen LogP contribution in [-0.2, 0) is 9.31 Å². The summed E-state index contributed by atoms with van der Waals surface area (Å²) in [5.74, 6) is 0. The lowest BCUT2D eigenvalue weighted by Gasteiger charge is -2.32. The Morgan fingerprint density at radius 1 is 1.11 bits per heavy atom. The molecule has 1 heterocycles. The third kappa shape index (κ3) is 2.32. The molecule has 1 aliphatic rings. The molecular weight excluding hydrogens is 230 g/mol. The molecule has 1 saturated heterocycles. The molecule has 2 nitrogen and oxygen atoms in total. The molecule has 1 aromatic carbocycles. The maximum Gasteiger partial charge on any atom is 0.494 e. The molecule has 1 aromatic rings. The van der Waals surface area contributed by atoms with E-state index in [0.29, 0.717) is 5.56 Å². The average molecular weight is 250 g/mol. The van der Waals surface area contributed by atoms with Crippen LogP contribution in [0.3, 0.4) is 0 Å². The molecule has 1 aliphatic heterocycles. The van der Waals surface area contributed by atoms with E-state index in [1.165, 1.54) is 6.92 Å². The van der Waals surface area contributed by atoms with Crippen molar-refractivity contribution in [3.8, 4) is 0 Å². The molecule has 1 fully saturated rings. The fourth-order valence-electron chi connectivity index (χ4n) is 1.93. The van der Waals surface area contributed by atoms with Crippen molar-refractivity contribution in [1.29, 1.82) is 0 Å². The van der Waals surface area contributed by atoms with E-state index < -0.39 is 13.3 Å². The maximum atomic E-state index is 13.3. The number of alkyl halides is 1. The van der Waals surface area contributed by atoms with E-state index >= 15 is 0 Å². The summed E-state index contributed by atoms with van der Waals surface area (Å²) in [5, 5.41) is 0. The first-order chi connectivity index (χ1) is 8.23. The molecule has 0 N–H and O–H groups in total. The van der Waals surface area contributed by atoms with Crippen molar-refractivity contribution < 1.29 is 13.7 Å². The Balaban J connectivity index is 2.27. The number of halogens is 1. The smallest absolute Gasteiger partial charge is 0.399 e. The fraction of sp³-hybridized carbons (Fsp3) is 0.571. The summed E-state index contributed by atoms with van der Waals surface area (Å²) >= 11 is 0. The van der Waals surface area contributed by atoms with Gasteiger partial charge < -0.3 is 9.31 Å². The minimum Gasteiger partial charge on any atom is -0.399 e. The maximum absolute atomic E-state index is 13.3. The number of rotatable bonds is 2. The lowest BCUT2D eigenvalue weighted by atomic mass is 9.78. The highest BCUT2D eigenvalue weighted by molar-refractivity contribution is 6.62. The fourth-order valence-corrected chi connectivity index (χ4v) is 1.93. The van der Waals surface area contributed by atoms with Gasteiger partial charge in [0.25, 0.3) is 0 Å². The van der Waals surface area contributed by atoms with Gasteiger partial charge in [-0.05, 0) is 45.6 Å². The van der Waals surface area contributed by atoms with Gasteiger partial charge in [0, 0.05) is 0 Å². The number of benzene rings is 1. The predicted molar refractivity (Wildman–Crippen MR) is 71.7 cm³/mol. The first-order valence-electron chi connectivity index (χ1n) is 6.32. The van der Waals surface area contributed by atoms with Crippen LogP contribution in [0.1, 0.15) is 46.4 Å². The zero-order valence-corrected chi connectivity index (χ0v) is 11.7. The van der Waals surface area contributed by atoms with Gasteiger partial charge in [-0.15, -0.1) is 0 Å². The molecule has 18 heavy (non-hydrogen) atoms. The van der Waals surface area contributed by atoms with Gasteiger partial charge >= 0.3 is 7.12 Å². The molecular formula is C14H20BFO2. The van der Waals surface area contributed by atoms with Crippen LogP contribution in [0.5, 0.6) is 0 Å². The van der Waals surface area contributed by atoms with E-state index in [1.807, 2.05) is 45.9 Å². The van der Waals surface area contributed by atoms with Gasteiger partial charge in [-0.1, -0.05) is 24.3 Å². The summed E-state index contributed by atoms with van der Waals surface area (Å²) in [6.07, 6.45) is -0.979. The molecule has 0 amide bonds. The van der Waals surface area contributed by atoms with Crippen LogP contribution < -0.4 is 5.46 Å². The van der Waals surface area contributed by atoms with E-state index in [1.54, 1.807) is 6.07 Å². The third-order valence-corrected chi connectivity index (χ3v) is 3.90. The lowest BCUT2D eigenvalue weighted by Crippen LogP contribution is -2.41. The first kappa shape index (κ1) is 13.6. The van der Waals surface area contributed by atoms with Crippen LogP contribution in [-0.4, -0.2) is 18.3 Å². The van der Waals surface area contributed by atoms with Gasteiger partial charge in [0.2, 0.25) is 0 Å². The van der Waals surface area contributed by atoms with Crippen LogP contribution in [0.15, 0.2) is 24.3 Å². The minimum absolute atomic E-state index is 0.366. The van der Waals surface area contributed by atoms with Crippen molar-refractivity contribution in [2.24, 2.45) is 0 Å². The Hall–Kier alpha value is -0.865. The highest BCUT2D eigenvalue weighted by Gasteiger charge is 2.51. The molecule has 0 bridgehead atoms. The molecule has 4 heteroatoms. The topological polar surface area (TPSA) is 18.5 Å². The third-order valence-electron chi connectivity index (χ3n) is 3.90. The number of hydrogen-bond acceptors (Lipinski definition) is 2. The molecule has 0 unspecified atom stereocenters. The summed E-state index contributed by atoms with van der Waals surface area (Å²) in [7, 11) is -0.423. The minimum atomic E-state index is -0.979. The lowest BCUT2D eigenvalue weighted by molar-refractivity contribution is 0.00578. The largest absolute Gasteiger partial charge is 0.494 e. The van der Waals surface area contributed by atoms with E-state index in [9.17, 15) is 4.39 Å². The van der Waals surface area contributed by atoms with E-state index in [-0.39, 0.29) is 11.2 Å². The SMILES string of the molecule is C[C@@H](F)c1cccc(B2OC(C)(C)C(C)(C)O2)c1. The van der Waals surface area contributed by atoms with E-state index in [0.717, 1.165) is 5.46 Å². The average Bonchev–Trinajstić information content (AvgIpc) is 2.48. The molecule has 0 spiro atoms. The summed E-state index contributed by atoms with van der Waals surface area (Å²) < 4.78 is 25.2. The molecule has 0 aliphatic carbocycles. The van der Waals surface area contributed by atoms with Crippen LogP contribution in [0.25, 0.3) is 0 Å². The quantitative estimate of drug-likeness (QED) is 0.751. The van der Waals surface area contributed by atoms with Crippen molar-refractivity contribution in [3.63, 3.8) is 0 Å². The second kappa shape index (κ2) is 4.35. The van der Waals surface area contributed by atoms with Gasteiger partial charge in [-0.25, -0.2) is 4.39 Å². The summed E-state index contributed by atoms with van der Waals surface area (Å²) in [6, 6.07) is 7.34. The standard InChI is InChI=1S/C14H20BFO2/c1-10(16)11-7-6-8-12(9-11)15-17-13(2,3)14(4,5)18-15/h6-10H,1-5H3/t10-/m1/s1. The number of hydrogen-bond donors (Lipinski definition) is 0. The summed E-state index contributed by atoms with van der Waals surface area (Å²) in [4.78, 5) is 0. The molecule has 0 aromatic heterocycles. The van der Waals surface area contributed by atoms with Crippen molar-refractivity contribution in [3.05, 3.63) is 29.8 Å². The van der Waals surface area contributed by atoms with Gasteiger partial charge in [-0.3, -0.25) is 0 Å². The van der Waals surface area contributed by atoms with Gasteiger partial charge in [0.05, 0.1) is 11.2 Å². The van der Waals surface area contributed by atoms with E-state index in [4.69, 9.17) is 9.31 Å². The van der Waals surface area contributed by atoms with E-state index in [2.05, 4.69) is 0 Å². The Labute approximate surface area is 109 Å². The highest BCUT2D eigenvalue weighted by Crippen LogP contribution is 2.36. The van der Waals surface area contributed by atoms with Crippen LogP contribution >= 0.6 is 0 Å². The van der Waals surface area contributed by atoms with Crippen LogP contribution in [0, 0.1) is 0 Å². The van der Waals surface area contributed by atoms with Gasteiger partial charge in [0.1, 0.15) is 6.17 Å². The Kier molecular flexibility index (Phi) is 3.28. The molecule has 2 rings (SSSR count). The molecule has 98 valence electrons. The first-order valence-corrected chi connectivity index (χ1v) is 6.32. The van der Waals surface area contributed by atoms with Gasteiger partial charge in [0.15, 0.2) is 0 Å². The van der Waals surface area contributed by atoms with Crippen molar-refractivity contribution in [2.45, 2.75) is 52.0 Å². The second-order valence-electron chi connectivity index (χ2n) is 5.87. The monoisotopic (exact) mass is 250 g/mol. The molecule has 0 saturated carbocycles. The van der Waals surface area contributed by atoms with Crippen LogP contribution in [0.4, 0.5) is 4.39 Å². The zero-order valence-electron chi connectivity index (χ0n) is 11.7. The Bertz CT molecular complexity index is 427. The molecule has 0 radical (unpaired) electrons. The van der Waals surface area contributed by atoms with Gasteiger partial charge in [-0.2, -0.15) is 0 Å². The predicted octanol–water partition coefficient (Wildman–Crippen LogP) is 3.02. The van der Waals surface area contributed by atoms with Crippen LogP contribution in [0.2, 0.25) is 0 Å². The summed E-state index contributed by atoms with van der Waals surface area (Å²) in [5.41, 5.74) is 0.794. The van der Waals surface area contributed by atoms with Crippen molar-refractivity contribution in [2.75, 3.05) is 0 Å². The Morgan fingerprint density at radius 3 is 2.17 bits per heavy atom.